The van der Waals surface area contributed by atoms with Gasteiger partial charge in [-0.25, -0.2) is 28.0 Å². The van der Waals surface area contributed by atoms with Crippen LogP contribution in [0, 0.1) is 6.92 Å². The fourth-order valence-corrected chi connectivity index (χ4v) is 9.69. The van der Waals surface area contributed by atoms with Crippen molar-refractivity contribution in [2.75, 3.05) is 23.2 Å². The number of phenolic OH excluding ortho intramolecular Hbond substituents is 4. The Balaban J connectivity index is 1.03. The van der Waals surface area contributed by atoms with Gasteiger partial charge in [-0.05, 0) is 48.9 Å². The van der Waals surface area contributed by atoms with Gasteiger partial charge in [-0.2, -0.15) is 9.50 Å². The molecule has 22 nitrogen and oxygen atoms in total. The zero-order chi connectivity index (χ0) is 43.0. The highest BCUT2D eigenvalue weighted by atomic mass is 32.2. The molecule has 5 aromatic rings. The minimum Gasteiger partial charge on any atom is -0.504 e. The highest BCUT2D eigenvalue weighted by molar-refractivity contribution is 8.01. The smallest absolute Gasteiger partial charge is 0.352 e. The molecule has 7 rings (SSSR count). The van der Waals surface area contributed by atoms with Crippen LogP contribution in [0.2, 0.25) is 0 Å². The Hall–Kier alpha value is -6.64. The number of thiazole rings is 1. The van der Waals surface area contributed by atoms with Gasteiger partial charge in [0.1, 0.15) is 27.8 Å². The van der Waals surface area contributed by atoms with Crippen molar-refractivity contribution < 1.29 is 62.7 Å². The fourth-order valence-electron chi connectivity index (χ4n) is 5.71. The molecule has 0 radical (unpaired) electrons. The van der Waals surface area contributed by atoms with Gasteiger partial charge in [0.25, 0.3) is 17.6 Å². The number of hydrogen-bond acceptors (Lipinski definition) is 21. The van der Waals surface area contributed by atoms with Crippen LogP contribution in [0.5, 0.6) is 23.0 Å². The Morgan fingerprint density at radius 3 is 2.45 bits per heavy atom. The van der Waals surface area contributed by atoms with Gasteiger partial charge in [0.2, 0.25) is 15.8 Å². The van der Waals surface area contributed by atoms with Crippen molar-refractivity contribution in [3.05, 3.63) is 81.9 Å². The van der Waals surface area contributed by atoms with Gasteiger partial charge in [0.15, 0.2) is 46.3 Å². The number of thioether (sulfide) groups is 2. The van der Waals surface area contributed by atoms with Crippen LogP contribution in [0.1, 0.15) is 27.6 Å². The van der Waals surface area contributed by atoms with Gasteiger partial charge in [0.05, 0.1) is 10.5 Å². The molecule has 8 N–H and O–H groups in total. The van der Waals surface area contributed by atoms with Crippen LogP contribution in [-0.2, 0) is 40.4 Å². The van der Waals surface area contributed by atoms with E-state index in [1.807, 2.05) is 0 Å². The molecule has 2 aliphatic rings. The molecule has 312 valence electrons. The van der Waals surface area contributed by atoms with Crippen molar-refractivity contribution in [3.63, 3.8) is 0 Å². The Bertz CT molecular complexity index is 2770. The third kappa shape index (κ3) is 8.42. The second kappa shape index (κ2) is 16.5. The predicted molar refractivity (Wildman–Crippen MR) is 211 cm³/mol. The molecule has 2 amide bonds. The van der Waals surface area contributed by atoms with E-state index in [1.165, 1.54) is 39.5 Å². The summed E-state index contributed by atoms with van der Waals surface area (Å²) in [7, 11) is -4.25. The van der Waals surface area contributed by atoms with Crippen LogP contribution in [0.15, 0.2) is 74.2 Å². The number of rotatable bonds is 14. The second-order valence-electron chi connectivity index (χ2n) is 12.7. The number of phenols is 4. The molecule has 2 aliphatic heterocycles. The van der Waals surface area contributed by atoms with Gasteiger partial charge in [0, 0.05) is 28.6 Å². The number of hydrogen-bond donors (Lipinski definition) is 7. The van der Waals surface area contributed by atoms with Crippen LogP contribution in [0.3, 0.4) is 0 Å². The van der Waals surface area contributed by atoms with Gasteiger partial charge in [-0.1, -0.05) is 5.16 Å². The van der Waals surface area contributed by atoms with Crippen molar-refractivity contribution in [2.45, 2.75) is 34.9 Å². The van der Waals surface area contributed by atoms with Crippen molar-refractivity contribution in [1.29, 1.82) is 0 Å². The van der Waals surface area contributed by atoms with E-state index in [-0.39, 0.29) is 51.8 Å². The van der Waals surface area contributed by atoms with Gasteiger partial charge in [-0.3, -0.25) is 14.5 Å². The molecule has 60 heavy (non-hydrogen) atoms. The highest BCUT2D eigenvalue weighted by Gasteiger charge is 2.54. The number of aromatic hydroxyl groups is 4. The Morgan fingerprint density at radius 1 is 1.03 bits per heavy atom. The number of aliphatic carboxylic acids is 1. The molecule has 0 bridgehead atoms. The fraction of sp³-hybridized carbons (Fsp3) is 0.206. The summed E-state index contributed by atoms with van der Waals surface area (Å²) < 4.78 is 32.2. The first-order valence-corrected chi connectivity index (χ1v) is 21.5. The number of aromatic nitrogens is 5. The summed E-state index contributed by atoms with van der Waals surface area (Å²) in [5, 5.41) is 60.3. The standard InChI is InChI=1S/C34H29N9O13S4/c1-14-6-24(43-34(36-14)38-23(40-43)9-55-32(52)15-2-4-19(44)21(46)7-15)57-10-16-11-58-30-26(29(49)42(30)27(16)31(50)51)39-28(48)25(18-12-59-33(35)37-18)41-56-13-60(53,54)17-3-5-20(45)22(47)8-17/h2-8,12,26,30,44-47H,9-11,13H2,1H3,(H2,35,37)(H,39,48)(H,50,51)/t26-,30-/m1/s1. The van der Waals surface area contributed by atoms with E-state index in [4.69, 9.17) is 15.3 Å². The number of anilines is 1. The summed E-state index contributed by atoms with van der Waals surface area (Å²) in [6, 6.07) is 6.71. The normalized spacial score (nSPS) is 16.6. The van der Waals surface area contributed by atoms with Crippen LogP contribution >= 0.6 is 34.9 Å². The number of carboxylic acids is 1. The number of nitrogens with one attached hydrogen (secondary N) is 1. The lowest BCUT2D eigenvalue weighted by atomic mass is 10.0. The zero-order valence-corrected chi connectivity index (χ0v) is 33.7. The number of carbonyl (C=O) groups excluding carboxylic acids is 3. The van der Waals surface area contributed by atoms with E-state index in [2.05, 4.69) is 30.5 Å². The molecule has 5 heterocycles. The first-order chi connectivity index (χ1) is 28.5. The van der Waals surface area contributed by atoms with Gasteiger partial charge in [-0.15, -0.1) is 40.0 Å². The highest BCUT2D eigenvalue weighted by Crippen LogP contribution is 2.42. The number of fused-ring (bicyclic) bond motifs is 2. The Labute approximate surface area is 349 Å². The zero-order valence-electron chi connectivity index (χ0n) is 30.4. The number of carboxylic acid groups (broad SMARTS) is 1. The van der Waals surface area contributed by atoms with Crippen molar-refractivity contribution in [3.8, 4) is 23.0 Å². The molecule has 0 saturated carbocycles. The Kier molecular flexibility index (Phi) is 11.5. The molecule has 0 aliphatic carbocycles. The maximum absolute atomic E-state index is 13.5. The summed E-state index contributed by atoms with van der Waals surface area (Å²) >= 11 is 3.32. The van der Waals surface area contributed by atoms with Crippen LogP contribution in [0.25, 0.3) is 5.78 Å². The van der Waals surface area contributed by atoms with E-state index >= 15 is 0 Å². The van der Waals surface area contributed by atoms with Gasteiger partial charge >= 0.3 is 11.9 Å². The molecule has 2 atom stereocenters. The number of benzene rings is 2. The monoisotopic (exact) mass is 899 g/mol. The average molecular weight is 900 g/mol. The number of amides is 2. The molecule has 1 saturated heterocycles. The summed E-state index contributed by atoms with van der Waals surface area (Å²) in [6.45, 7) is 1.35. The predicted octanol–water partition coefficient (Wildman–Crippen LogP) is 1.33. The average Bonchev–Trinajstić information content (AvgIpc) is 3.83. The lowest BCUT2D eigenvalue weighted by Crippen LogP contribution is -2.71. The third-order valence-corrected chi connectivity index (χ3v) is 13.1. The molecule has 26 heteroatoms. The molecule has 2 aromatic carbocycles. The van der Waals surface area contributed by atoms with Gasteiger partial charge < -0.3 is 46.2 Å². The number of nitrogens with two attached hydrogens (primary N) is 1. The lowest BCUT2D eigenvalue weighted by Gasteiger charge is -2.49. The molecule has 3 aromatic heterocycles. The number of oxime groups is 1. The van der Waals surface area contributed by atoms with E-state index in [1.54, 1.807) is 13.0 Å². The number of sulfone groups is 1. The summed E-state index contributed by atoms with van der Waals surface area (Å²) in [6.07, 6.45) is 0. The van der Waals surface area contributed by atoms with E-state index in [9.17, 15) is 53.1 Å². The molecular weight excluding hydrogens is 871 g/mol. The molecular formula is C34H29N9O13S4. The number of carbonyl (C=O) groups is 4. The van der Waals surface area contributed by atoms with Crippen molar-refractivity contribution in [2.24, 2.45) is 5.16 Å². The SMILES string of the molecule is Cc1cc(SCC2=C(C(=O)O)N3C(=O)[C@@H](NC(=O)C(=NOCS(=O)(=O)c4ccc(O)c(O)c4)c4csc(N)n4)[C@H]3SC2)n2nc(COC(=O)c3ccc(O)c(O)c3)nc2n1. The Morgan fingerprint density at radius 2 is 1.77 bits per heavy atom. The maximum atomic E-state index is 13.5. The molecule has 1 fully saturated rings. The minimum absolute atomic E-state index is 0.0179. The number of esters is 1. The van der Waals surface area contributed by atoms with E-state index in [0.29, 0.717) is 16.3 Å². The molecule has 0 spiro atoms. The first-order valence-electron chi connectivity index (χ1n) is 16.9. The third-order valence-electron chi connectivity index (χ3n) is 8.57. The number of aryl methyl sites for hydroxylation is 1. The van der Waals surface area contributed by atoms with Crippen LogP contribution < -0.4 is 11.1 Å². The van der Waals surface area contributed by atoms with Crippen LogP contribution in [0.4, 0.5) is 5.13 Å². The van der Waals surface area contributed by atoms with E-state index in [0.717, 1.165) is 46.6 Å². The summed E-state index contributed by atoms with van der Waals surface area (Å²) in [5.74, 6) is -6.68. The topological polar surface area (TPSA) is 332 Å². The van der Waals surface area contributed by atoms with Crippen molar-refractivity contribution in [1.82, 2.24) is 34.8 Å². The van der Waals surface area contributed by atoms with E-state index < -0.39 is 84.6 Å². The number of nitrogen functional groups attached to an aromatic ring is 1. The summed E-state index contributed by atoms with van der Waals surface area (Å²) in [4.78, 5) is 70.5. The largest absolute Gasteiger partial charge is 0.504 e. The number of ether oxygens (including phenoxy) is 1. The quantitative estimate of drug-likeness (QED) is 0.0157. The summed E-state index contributed by atoms with van der Waals surface area (Å²) in [5.41, 5.74) is 5.76. The number of nitrogens with zero attached hydrogens (tertiary/aromatic N) is 7. The van der Waals surface area contributed by atoms with Crippen LogP contribution in [-0.4, -0.2) is 122 Å². The number of β-lactam (4-membered cyclic amide) rings is 1. The lowest BCUT2D eigenvalue weighted by molar-refractivity contribution is -0.150. The minimum atomic E-state index is -4.25. The maximum Gasteiger partial charge on any atom is 0.352 e. The van der Waals surface area contributed by atoms with Crippen molar-refractivity contribution >= 4 is 85.1 Å². The molecule has 0 unspecified atom stereocenters. The first kappa shape index (κ1) is 41.5. The second-order valence-corrected chi connectivity index (χ2v) is 17.6.